The maximum absolute atomic E-state index is 13.4. The number of hydrogen-bond acceptors (Lipinski definition) is 6. The molecule has 1 heterocycles. The van der Waals surface area contributed by atoms with E-state index in [1.54, 1.807) is 60.7 Å². The number of fused-ring (bicyclic) bond motifs is 1. The van der Waals surface area contributed by atoms with Crippen molar-refractivity contribution in [3.8, 4) is 5.75 Å². The standard InChI is InChI=1S/C33H26N2O5S/c1-21-7-5-8-22(15-21)16-29(35-31(37)23-9-3-2-4-10-23)32(38)34-26-11-6-12-28(18-26)41-20-25-17-24-13-14-27(36)19-30(24)40-33(25)39/h2-19,36H,20H2,1H3,(H,34,38)(H,35,37)/b29-16-. The molecule has 0 aliphatic rings. The first kappa shape index (κ1) is 27.5. The van der Waals surface area contributed by atoms with Gasteiger partial charge in [0.05, 0.1) is 0 Å². The third-order valence-corrected chi connectivity index (χ3v) is 7.20. The molecular weight excluding hydrogens is 536 g/mol. The summed E-state index contributed by atoms with van der Waals surface area (Å²) in [5, 5.41) is 16.0. The Morgan fingerprint density at radius 3 is 2.51 bits per heavy atom. The number of carbonyl (C=O) groups is 2. The highest BCUT2D eigenvalue weighted by Crippen LogP contribution is 2.26. The van der Waals surface area contributed by atoms with E-state index in [2.05, 4.69) is 10.6 Å². The molecule has 1 aromatic heterocycles. The zero-order chi connectivity index (χ0) is 28.8. The van der Waals surface area contributed by atoms with E-state index < -0.39 is 17.4 Å². The van der Waals surface area contributed by atoms with Gasteiger partial charge in [0, 0.05) is 38.9 Å². The molecule has 2 amide bonds. The molecule has 204 valence electrons. The van der Waals surface area contributed by atoms with Crippen molar-refractivity contribution in [1.82, 2.24) is 5.32 Å². The molecule has 41 heavy (non-hydrogen) atoms. The summed E-state index contributed by atoms with van der Waals surface area (Å²) in [5.41, 5.74) is 3.20. The topological polar surface area (TPSA) is 109 Å². The van der Waals surface area contributed by atoms with Gasteiger partial charge in [-0.2, -0.15) is 0 Å². The highest BCUT2D eigenvalue weighted by atomic mass is 32.2. The van der Waals surface area contributed by atoms with Crippen LogP contribution in [0.1, 0.15) is 27.0 Å². The molecule has 5 aromatic rings. The molecule has 0 fully saturated rings. The normalized spacial score (nSPS) is 11.3. The lowest BCUT2D eigenvalue weighted by atomic mass is 10.1. The van der Waals surface area contributed by atoms with Crippen LogP contribution in [0, 0.1) is 6.92 Å². The number of rotatable bonds is 8. The summed E-state index contributed by atoms with van der Waals surface area (Å²) in [5.74, 6) is -0.495. The number of amides is 2. The molecule has 0 atom stereocenters. The number of benzene rings is 4. The van der Waals surface area contributed by atoms with Crippen LogP contribution >= 0.6 is 11.8 Å². The number of thioether (sulfide) groups is 1. The zero-order valence-corrected chi connectivity index (χ0v) is 22.9. The summed E-state index contributed by atoms with van der Waals surface area (Å²) in [7, 11) is 0. The predicted octanol–water partition coefficient (Wildman–Crippen LogP) is 6.51. The fraction of sp³-hybridized carbons (Fsp3) is 0.0606. The Hall–Kier alpha value is -5.08. The molecule has 0 radical (unpaired) electrons. The fourth-order valence-corrected chi connectivity index (χ4v) is 5.04. The maximum Gasteiger partial charge on any atom is 0.340 e. The van der Waals surface area contributed by atoms with Crippen LogP contribution in [0.2, 0.25) is 0 Å². The number of hydrogen-bond donors (Lipinski definition) is 3. The first-order chi connectivity index (χ1) is 19.8. The minimum absolute atomic E-state index is 0.0261. The van der Waals surface area contributed by atoms with Crippen LogP contribution in [0.3, 0.4) is 0 Å². The number of aromatic hydroxyl groups is 1. The Morgan fingerprint density at radius 1 is 0.902 bits per heavy atom. The second kappa shape index (κ2) is 12.4. The Morgan fingerprint density at radius 2 is 1.71 bits per heavy atom. The van der Waals surface area contributed by atoms with E-state index in [1.165, 1.54) is 23.9 Å². The molecule has 0 aliphatic heterocycles. The first-order valence-corrected chi connectivity index (χ1v) is 13.8. The monoisotopic (exact) mass is 562 g/mol. The minimum Gasteiger partial charge on any atom is -0.508 e. The van der Waals surface area contributed by atoms with E-state index in [1.807, 2.05) is 43.3 Å². The zero-order valence-electron chi connectivity index (χ0n) is 22.1. The molecule has 0 bridgehead atoms. The molecule has 0 spiro atoms. The highest BCUT2D eigenvalue weighted by molar-refractivity contribution is 7.98. The van der Waals surface area contributed by atoms with Gasteiger partial charge in [-0.25, -0.2) is 4.79 Å². The second-order valence-corrected chi connectivity index (χ2v) is 10.4. The lowest BCUT2D eigenvalue weighted by Crippen LogP contribution is -2.30. The van der Waals surface area contributed by atoms with E-state index >= 15 is 0 Å². The number of aryl methyl sites for hydroxylation is 1. The van der Waals surface area contributed by atoms with Gasteiger partial charge in [-0.3, -0.25) is 9.59 Å². The number of nitrogens with one attached hydrogen (secondary N) is 2. The van der Waals surface area contributed by atoms with Gasteiger partial charge in [0.2, 0.25) is 0 Å². The summed E-state index contributed by atoms with van der Waals surface area (Å²) < 4.78 is 5.36. The summed E-state index contributed by atoms with van der Waals surface area (Å²) in [6.07, 6.45) is 1.64. The van der Waals surface area contributed by atoms with Crippen molar-refractivity contribution in [2.24, 2.45) is 0 Å². The van der Waals surface area contributed by atoms with E-state index in [4.69, 9.17) is 4.42 Å². The molecule has 5 rings (SSSR count). The molecule has 0 saturated heterocycles. The van der Waals surface area contributed by atoms with Gasteiger partial charge in [-0.1, -0.05) is 54.1 Å². The van der Waals surface area contributed by atoms with Gasteiger partial charge in [-0.15, -0.1) is 11.8 Å². The van der Waals surface area contributed by atoms with Gasteiger partial charge in [0.15, 0.2) is 0 Å². The van der Waals surface area contributed by atoms with Crippen LogP contribution in [-0.2, 0) is 10.5 Å². The SMILES string of the molecule is Cc1cccc(/C=C(\NC(=O)c2ccccc2)C(=O)Nc2cccc(SCc3cc4ccc(O)cc4oc3=O)c2)c1. The van der Waals surface area contributed by atoms with Gasteiger partial charge in [0.1, 0.15) is 17.0 Å². The Balaban J connectivity index is 1.33. The molecular formula is C33H26N2O5S. The lowest BCUT2D eigenvalue weighted by Gasteiger charge is -2.12. The van der Waals surface area contributed by atoms with Crippen molar-refractivity contribution in [3.63, 3.8) is 0 Å². The van der Waals surface area contributed by atoms with E-state index in [9.17, 15) is 19.5 Å². The van der Waals surface area contributed by atoms with Gasteiger partial charge in [0.25, 0.3) is 11.8 Å². The van der Waals surface area contributed by atoms with Crippen LogP contribution in [-0.4, -0.2) is 16.9 Å². The Bertz CT molecular complexity index is 1830. The molecule has 3 N–H and O–H groups in total. The van der Waals surface area contributed by atoms with Crippen molar-refractivity contribution in [2.45, 2.75) is 17.6 Å². The molecule has 0 aliphatic carbocycles. The van der Waals surface area contributed by atoms with Gasteiger partial charge >= 0.3 is 5.63 Å². The quantitative estimate of drug-likeness (QED) is 0.113. The van der Waals surface area contributed by atoms with Crippen molar-refractivity contribution >= 4 is 46.3 Å². The van der Waals surface area contributed by atoms with E-state index in [-0.39, 0.29) is 11.4 Å². The smallest absolute Gasteiger partial charge is 0.340 e. The van der Waals surface area contributed by atoms with Crippen LogP contribution in [0.25, 0.3) is 17.0 Å². The molecule has 0 unspecified atom stereocenters. The molecule has 0 saturated carbocycles. The average Bonchev–Trinajstić information content (AvgIpc) is 2.96. The van der Waals surface area contributed by atoms with Crippen molar-refractivity contribution < 1.29 is 19.1 Å². The third kappa shape index (κ3) is 7.12. The van der Waals surface area contributed by atoms with E-state index in [0.29, 0.717) is 33.5 Å². The summed E-state index contributed by atoms with van der Waals surface area (Å²) in [6, 6.07) is 29.9. The number of phenolic OH excluding ortho intramolecular Hbond substituents is 1. The van der Waals surface area contributed by atoms with Crippen LogP contribution in [0.4, 0.5) is 5.69 Å². The average molecular weight is 563 g/mol. The molecule has 7 nitrogen and oxygen atoms in total. The van der Waals surface area contributed by atoms with Gasteiger partial charge in [-0.05, 0) is 67.1 Å². The van der Waals surface area contributed by atoms with Gasteiger partial charge < -0.3 is 20.2 Å². The van der Waals surface area contributed by atoms with Crippen LogP contribution < -0.4 is 16.3 Å². The van der Waals surface area contributed by atoms with Crippen molar-refractivity contribution in [2.75, 3.05) is 5.32 Å². The number of anilines is 1. The Kier molecular flexibility index (Phi) is 8.31. The molecule has 4 aromatic carbocycles. The largest absolute Gasteiger partial charge is 0.508 e. The highest BCUT2D eigenvalue weighted by Gasteiger charge is 2.16. The minimum atomic E-state index is -0.476. The molecule has 8 heteroatoms. The predicted molar refractivity (Wildman–Crippen MR) is 162 cm³/mol. The second-order valence-electron chi connectivity index (χ2n) is 9.34. The first-order valence-electron chi connectivity index (χ1n) is 12.8. The number of phenols is 1. The summed E-state index contributed by atoms with van der Waals surface area (Å²) in [4.78, 5) is 39.5. The lowest BCUT2D eigenvalue weighted by molar-refractivity contribution is -0.113. The maximum atomic E-state index is 13.4. The van der Waals surface area contributed by atoms with Crippen molar-refractivity contribution in [1.29, 1.82) is 0 Å². The number of carbonyl (C=O) groups excluding carboxylic acids is 2. The third-order valence-electron chi connectivity index (χ3n) is 6.16. The fourth-order valence-electron chi connectivity index (χ4n) is 4.14. The van der Waals surface area contributed by atoms with E-state index in [0.717, 1.165) is 16.0 Å². The van der Waals surface area contributed by atoms with Crippen LogP contribution in [0.5, 0.6) is 5.75 Å². The Labute approximate surface area is 240 Å². The summed E-state index contributed by atoms with van der Waals surface area (Å²) >= 11 is 1.42. The van der Waals surface area contributed by atoms with Crippen molar-refractivity contribution in [3.05, 3.63) is 141 Å². The van der Waals surface area contributed by atoms with Crippen LogP contribution in [0.15, 0.2) is 123 Å². The summed E-state index contributed by atoms with van der Waals surface area (Å²) in [6.45, 7) is 1.95.